The normalized spacial score (nSPS) is 13.7. The number of hydrogen-bond donors (Lipinski definition) is 2. The molecule has 0 aliphatic carbocycles. The van der Waals surface area contributed by atoms with Gasteiger partial charge in [-0.2, -0.15) is 0 Å². The van der Waals surface area contributed by atoms with Gasteiger partial charge in [-0.25, -0.2) is 4.79 Å². The first-order valence-electron chi connectivity index (χ1n) is 5.66. The Morgan fingerprint density at radius 2 is 2.11 bits per heavy atom. The summed E-state index contributed by atoms with van der Waals surface area (Å²) >= 11 is 0. The van der Waals surface area contributed by atoms with Crippen LogP contribution in [0, 0.1) is 17.0 Å². The average molecular weight is 269 g/mol. The van der Waals surface area contributed by atoms with Crippen molar-refractivity contribution in [2.45, 2.75) is 26.1 Å². The molecule has 2 atom stereocenters. The predicted molar refractivity (Wildman–Crippen MR) is 65.4 cm³/mol. The van der Waals surface area contributed by atoms with E-state index in [0.29, 0.717) is 0 Å². The van der Waals surface area contributed by atoms with Crippen LogP contribution in [0.15, 0.2) is 18.2 Å². The van der Waals surface area contributed by atoms with Crippen molar-refractivity contribution in [2.75, 3.05) is 6.61 Å². The van der Waals surface area contributed by atoms with Crippen LogP contribution >= 0.6 is 0 Å². The van der Waals surface area contributed by atoms with Gasteiger partial charge in [0.05, 0.1) is 11.5 Å². The highest BCUT2D eigenvalue weighted by Crippen LogP contribution is 2.27. The third kappa shape index (κ3) is 3.27. The SMILES string of the molecule is CCOC(=O)C(O)C(O)c1cccc([N+](=O)[O-])c1C. The van der Waals surface area contributed by atoms with Crippen LogP contribution in [0.1, 0.15) is 24.2 Å². The number of hydrogen-bond acceptors (Lipinski definition) is 6. The van der Waals surface area contributed by atoms with E-state index in [9.17, 15) is 25.1 Å². The molecule has 2 N–H and O–H groups in total. The Kier molecular flexibility index (Phi) is 4.96. The number of ether oxygens (including phenoxy) is 1. The molecule has 0 aliphatic heterocycles. The molecule has 0 saturated carbocycles. The standard InChI is InChI=1S/C12H15NO6/c1-3-19-12(16)11(15)10(14)8-5-4-6-9(7(8)2)13(17)18/h4-6,10-11,14-15H,3H2,1-2H3. The lowest BCUT2D eigenvalue weighted by Crippen LogP contribution is -2.30. The summed E-state index contributed by atoms with van der Waals surface area (Å²) < 4.78 is 4.58. The molecule has 0 radical (unpaired) electrons. The molecular weight excluding hydrogens is 254 g/mol. The topological polar surface area (TPSA) is 110 Å². The van der Waals surface area contributed by atoms with Gasteiger partial charge in [0.15, 0.2) is 6.10 Å². The first-order valence-corrected chi connectivity index (χ1v) is 5.66. The van der Waals surface area contributed by atoms with E-state index in [-0.39, 0.29) is 23.4 Å². The maximum absolute atomic E-state index is 11.3. The number of nitrogens with zero attached hydrogens (tertiary/aromatic N) is 1. The Morgan fingerprint density at radius 3 is 2.63 bits per heavy atom. The minimum absolute atomic E-state index is 0.0660. The molecule has 2 unspecified atom stereocenters. The summed E-state index contributed by atoms with van der Waals surface area (Å²) in [4.78, 5) is 21.5. The first-order chi connectivity index (χ1) is 8.90. The van der Waals surface area contributed by atoms with E-state index in [4.69, 9.17) is 0 Å². The first kappa shape index (κ1) is 15.1. The van der Waals surface area contributed by atoms with Gasteiger partial charge >= 0.3 is 5.97 Å². The molecule has 0 fully saturated rings. The molecule has 1 aromatic carbocycles. The number of nitro groups is 1. The number of carbonyl (C=O) groups is 1. The van der Waals surface area contributed by atoms with Gasteiger partial charge in [-0.1, -0.05) is 12.1 Å². The molecule has 0 aromatic heterocycles. The molecule has 19 heavy (non-hydrogen) atoms. The van der Waals surface area contributed by atoms with Crippen LogP contribution in [0.5, 0.6) is 0 Å². The maximum Gasteiger partial charge on any atom is 0.338 e. The molecule has 0 aliphatic rings. The zero-order chi connectivity index (χ0) is 14.6. The van der Waals surface area contributed by atoms with E-state index in [1.807, 2.05) is 0 Å². The molecule has 0 spiro atoms. The van der Waals surface area contributed by atoms with Gasteiger partial charge in [0.25, 0.3) is 5.69 Å². The summed E-state index contributed by atoms with van der Waals surface area (Å²) in [6.07, 6.45) is -3.35. The average Bonchev–Trinajstić information content (AvgIpc) is 2.37. The zero-order valence-corrected chi connectivity index (χ0v) is 10.6. The molecule has 7 heteroatoms. The van der Waals surface area contributed by atoms with Gasteiger partial charge < -0.3 is 14.9 Å². The van der Waals surface area contributed by atoms with Gasteiger partial charge in [-0.05, 0) is 19.4 Å². The van der Waals surface area contributed by atoms with Crippen LogP contribution in [0.25, 0.3) is 0 Å². The maximum atomic E-state index is 11.3. The van der Waals surface area contributed by atoms with Crippen LogP contribution in [-0.2, 0) is 9.53 Å². The van der Waals surface area contributed by atoms with E-state index in [1.54, 1.807) is 6.92 Å². The van der Waals surface area contributed by atoms with Crippen molar-refractivity contribution < 1.29 is 24.7 Å². The van der Waals surface area contributed by atoms with Crippen molar-refractivity contribution in [3.8, 4) is 0 Å². The lowest BCUT2D eigenvalue weighted by molar-refractivity contribution is -0.385. The van der Waals surface area contributed by atoms with Crippen LogP contribution in [0.4, 0.5) is 5.69 Å². The number of nitro benzene ring substituents is 1. The van der Waals surface area contributed by atoms with E-state index < -0.39 is 23.1 Å². The van der Waals surface area contributed by atoms with Gasteiger partial charge in [0, 0.05) is 11.6 Å². The third-order valence-corrected chi connectivity index (χ3v) is 2.69. The monoisotopic (exact) mass is 269 g/mol. The number of aliphatic hydroxyl groups is 2. The quantitative estimate of drug-likeness (QED) is 0.466. The summed E-state index contributed by atoms with van der Waals surface area (Å²) in [5, 5.41) is 30.3. The van der Waals surface area contributed by atoms with E-state index >= 15 is 0 Å². The minimum atomic E-state index is -1.78. The molecule has 0 saturated heterocycles. The van der Waals surface area contributed by atoms with Crippen molar-refractivity contribution in [1.82, 2.24) is 0 Å². The molecule has 0 heterocycles. The van der Waals surface area contributed by atoms with Crippen LogP contribution in [0.3, 0.4) is 0 Å². The molecular formula is C12H15NO6. The number of carbonyl (C=O) groups excluding carboxylic acids is 1. The Labute approximate surface area is 109 Å². The molecule has 0 bridgehead atoms. The third-order valence-electron chi connectivity index (χ3n) is 2.69. The van der Waals surface area contributed by atoms with Crippen LogP contribution in [-0.4, -0.2) is 33.8 Å². The van der Waals surface area contributed by atoms with E-state index in [0.717, 1.165) is 0 Å². The van der Waals surface area contributed by atoms with Gasteiger partial charge in [-0.15, -0.1) is 0 Å². The predicted octanol–water partition coefficient (Wildman–Crippen LogP) is 0.861. The largest absolute Gasteiger partial charge is 0.464 e. The zero-order valence-electron chi connectivity index (χ0n) is 10.6. The second kappa shape index (κ2) is 6.26. The minimum Gasteiger partial charge on any atom is -0.464 e. The van der Waals surface area contributed by atoms with Crippen molar-refractivity contribution in [1.29, 1.82) is 0 Å². The number of aliphatic hydroxyl groups excluding tert-OH is 2. The smallest absolute Gasteiger partial charge is 0.338 e. The summed E-state index contributed by atoms with van der Waals surface area (Å²) in [5.74, 6) is -0.971. The van der Waals surface area contributed by atoms with Crippen molar-refractivity contribution >= 4 is 11.7 Å². The fourth-order valence-corrected chi connectivity index (χ4v) is 1.69. The van der Waals surface area contributed by atoms with Crippen molar-refractivity contribution in [2.24, 2.45) is 0 Å². The second-order valence-electron chi connectivity index (χ2n) is 3.89. The Balaban J connectivity index is 3.06. The lowest BCUT2D eigenvalue weighted by Gasteiger charge is -2.18. The molecule has 7 nitrogen and oxygen atoms in total. The Hall–Kier alpha value is -1.99. The number of rotatable bonds is 5. The summed E-state index contributed by atoms with van der Waals surface area (Å²) in [5.41, 5.74) is 0.130. The van der Waals surface area contributed by atoms with Crippen molar-refractivity contribution in [3.05, 3.63) is 39.4 Å². The molecule has 0 amide bonds. The second-order valence-corrected chi connectivity index (χ2v) is 3.89. The molecule has 1 rings (SSSR count). The number of esters is 1. The highest BCUT2D eigenvalue weighted by atomic mass is 16.6. The number of benzene rings is 1. The molecule has 1 aromatic rings. The van der Waals surface area contributed by atoms with Gasteiger partial charge in [0.2, 0.25) is 0 Å². The molecule has 104 valence electrons. The summed E-state index contributed by atoms with van der Waals surface area (Å²) in [7, 11) is 0. The Bertz CT molecular complexity index is 487. The van der Waals surface area contributed by atoms with Crippen LogP contribution in [0.2, 0.25) is 0 Å². The lowest BCUT2D eigenvalue weighted by atomic mass is 9.98. The van der Waals surface area contributed by atoms with Gasteiger partial charge in [-0.3, -0.25) is 10.1 Å². The van der Waals surface area contributed by atoms with Crippen LogP contribution < -0.4 is 0 Å². The fraction of sp³-hybridized carbons (Fsp3) is 0.417. The highest BCUT2D eigenvalue weighted by Gasteiger charge is 2.29. The summed E-state index contributed by atoms with van der Waals surface area (Å²) in [6, 6.07) is 4.07. The van der Waals surface area contributed by atoms with Crippen molar-refractivity contribution in [3.63, 3.8) is 0 Å². The fourth-order valence-electron chi connectivity index (χ4n) is 1.69. The summed E-state index contributed by atoms with van der Waals surface area (Å²) in [6.45, 7) is 3.07. The van der Waals surface area contributed by atoms with Gasteiger partial charge in [0.1, 0.15) is 6.10 Å². The highest BCUT2D eigenvalue weighted by molar-refractivity contribution is 5.75. The Morgan fingerprint density at radius 1 is 1.47 bits per heavy atom. The van der Waals surface area contributed by atoms with E-state index in [2.05, 4.69) is 4.74 Å². The van der Waals surface area contributed by atoms with E-state index in [1.165, 1.54) is 25.1 Å².